The highest BCUT2D eigenvalue weighted by molar-refractivity contribution is 6.55. The smallest absolute Gasteiger partial charge is 0.330 e. The number of aryl methyl sites for hydroxylation is 2. The molecular formula is C25H24Cl4N2O5. The molecule has 2 aromatic rings. The van der Waals surface area contributed by atoms with Gasteiger partial charge in [-0.15, -0.1) is 0 Å². The molecule has 1 aliphatic heterocycles. The van der Waals surface area contributed by atoms with Crippen molar-refractivity contribution >= 4 is 75.8 Å². The van der Waals surface area contributed by atoms with E-state index in [1.807, 2.05) is 32.0 Å². The van der Waals surface area contributed by atoms with E-state index in [9.17, 15) is 19.2 Å². The summed E-state index contributed by atoms with van der Waals surface area (Å²) in [5.74, 6) is -3.75. The van der Waals surface area contributed by atoms with Gasteiger partial charge in [-0.05, 0) is 29.9 Å². The van der Waals surface area contributed by atoms with Crippen LogP contribution in [0.5, 0.6) is 0 Å². The predicted molar refractivity (Wildman–Crippen MR) is 140 cm³/mol. The molecule has 0 radical (unpaired) electrons. The summed E-state index contributed by atoms with van der Waals surface area (Å²) in [6.45, 7) is 6.59. The molecule has 1 unspecified atom stereocenters. The Kier molecular flexibility index (Phi) is 8.93. The molecule has 192 valence electrons. The number of carbonyl (C=O) groups excluding carboxylic acids is 4. The summed E-state index contributed by atoms with van der Waals surface area (Å²) in [6.07, 6.45) is 1.41. The highest BCUT2D eigenvalue weighted by Crippen LogP contribution is 2.45. The van der Waals surface area contributed by atoms with E-state index in [0.29, 0.717) is 18.5 Å². The van der Waals surface area contributed by atoms with Gasteiger partial charge in [-0.25, -0.2) is 4.79 Å². The van der Waals surface area contributed by atoms with Gasteiger partial charge in [0, 0.05) is 5.69 Å². The molecule has 0 aliphatic carbocycles. The molecule has 3 rings (SSSR count). The molecule has 1 N–H and O–H groups in total. The lowest BCUT2D eigenvalue weighted by Gasteiger charge is -2.27. The highest BCUT2D eigenvalue weighted by Gasteiger charge is 2.48. The van der Waals surface area contributed by atoms with E-state index in [4.69, 9.17) is 51.1 Å². The monoisotopic (exact) mass is 572 g/mol. The van der Waals surface area contributed by atoms with Crippen LogP contribution in [0, 0.1) is 5.92 Å². The number of nitrogens with one attached hydrogen (secondary N) is 1. The molecule has 7 nitrogen and oxygen atoms in total. The molecule has 11 heteroatoms. The van der Waals surface area contributed by atoms with Crippen LogP contribution in [-0.4, -0.2) is 41.2 Å². The Labute approximate surface area is 229 Å². The van der Waals surface area contributed by atoms with Crippen molar-refractivity contribution in [2.45, 2.75) is 46.6 Å². The van der Waals surface area contributed by atoms with Crippen molar-refractivity contribution in [3.05, 3.63) is 60.5 Å². The molecular weight excluding hydrogens is 550 g/mol. The zero-order valence-corrected chi connectivity index (χ0v) is 23.0. The van der Waals surface area contributed by atoms with Crippen LogP contribution >= 0.6 is 46.4 Å². The van der Waals surface area contributed by atoms with Crippen LogP contribution in [0.3, 0.4) is 0 Å². The number of hydrogen-bond acceptors (Lipinski definition) is 5. The van der Waals surface area contributed by atoms with E-state index in [2.05, 4.69) is 5.32 Å². The van der Waals surface area contributed by atoms with Gasteiger partial charge in [-0.2, -0.15) is 0 Å². The summed E-state index contributed by atoms with van der Waals surface area (Å²) in [4.78, 5) is 52.8. The Hall–Kier alpha value is -2.32. The second-order valence-electron chi connectivity index (χ2n) is 8.49. The second-order valence-corrected chi connectivity index (χ2v) is 10.0. The van der Waals surface area contributed by atoms with E-state index in [0.717, 1.165) is 16.0 Å². The second kappa shape index (κ2) is 11.4. The first-order valence-corrected chi connectivity index (χ1v) is 12.8. The van der Waals surface area contributed by atoms with E-state index in [-0.39, 0.29) is 31.2 Å². The van der Waals surface area contributed by atoms with Crippen LogP contribution in [0.15, 0.2) is 18.2 Å². The molecule has 0 aromatic heterocycles. The number of anilines is 1. The topological polar surface area (TPSA) is 92.8 Å². The molecule has 0 fully saturated rings. The maximum atomic E-state index is 13.2. The first-order valence-electron chi connectivity index (χ1n) is 11.3. The van der Waals surface area contributed by atoms with E-state index in [1.165, 1.54) is 0 Å². The average molecular weight is 574 g/mol. The van der Waals surface area contributed by atoms with Gasteiger partial charge in [-0.1, -0.05) is 92.3 Å². The number of para-hydroxylation sites is 1. The van der Waals surface area contributed by atoms with E-state index in [1.54, 1.807) is 13.8 Å². The summed E-state index contributed by atoms with van der Waals surface area (Å²) in [5.41, 5.74) is 2.11. The molecule has 0 bridgehead atoms. The van der Waals surface area contributed by atoms with Crippen molar-refractivity contribution in [1.29, 1.82) is 0 Å². The number of carbonyl (C=O) groups is 4. The number of ether oxygens (including phenoxy) is 1. The van der Waals surface area contributed by atoms with Gasteiger partial charge in [0.05, 0.1) is 31.2 Å². The van der Waals surface area contributed by atoms with Crippen molar-refractivity contribution in [3.8, 4) is 0 Å². The van der Waals surface area contributed by atoms with Gasteiger partial charge < -0.3 is 10.1 Å². The zero-order valence-electron chi connectivity index (χ0n) is 20.0. The number of benzene rings is 2. The van der Waals surface area contributed by atoms with Crippen LogP contribution in [-0.2, 0) is 27.2 Å². The number of amides is 3. The fraction of sp³-hybridized carbons (Fsp3) is 0.360. The lowest BCUT2D eigenvalue weighted by Crippen LogP contribution is -2.49. The summed E-state index contributed by atoms with van der Waals surface area (Å²) in [6, 6.07) is 4.39. The number of rotatable bonds is 8. The number of esters is 1. The number of hydrogen-bond donors (Lipinski definition) is 1. The third kappa shape index (κ3) is 5.07. The van der Waals surface area contributed by atoms with Crippen molar-refractivity contribution in [2.24, 2.45) is 5.92 Å². The van der Waals surface area contributed by atoms with Crippen molar-refractivity contribution in [1.82, 2.24) is 4.90 Å². The van der Waals surface area contributed by atoms with Crippen molar-refractivity contribution in [3.63, 3.8) is 0 Å². The molecule has 1 atom stereocenters. The van der Waals surface area contributed by atoms with Gasteiger partial charge in [0.25, 0.3) is 17.7 Å². The van der Waals surface area contributed by atoms with Crippen LogP contribution in [0.25, 0.3) is 0 Å². The van der Waals surface area contributed by atoms with Gasteiger partial charge in [-0.3, -0.25) is 19.3 Å². The fourth-order valence-corrected chi connectivity index (χ4v) is 5.11. The third-order valence-electron chi connectivity index (χ3n) is 5.89. The molecule has 3 amide bonds. The predicted octanol–water partition coefficient (Wildman–Crippen LogP) is 6.23. The summed E-state index contributed by atoms with van der Waals surface area (Å²) < 4.78 is 5.25. The maximum Gasteiger partial charge on any atom is 0.330 e. The van der Waals surface area contributed by atoms with Gasteiger partial charge >= 0.3 is 5.97 Å². The Balaban J connectivity index is 1.82. The molecule has 36 heavy (non-hydrogen) atoms. The molecule has 0 saturated heterocycles. The Morgan fingerprint density at radius 2 is 1.36 bits per heavy atom. The van der Waals surface area contributed by atoms with Crippen LogP contribution in [0.4, 0.5) is 5.69 Å². The summed E-state index contributed by atoms with van der Waals surface area (Å²) in [7, 11) is 0. The molecule has 2 aromatic carbocycles. The zero-order chi connectivity index (χ0) is 26.9. The molecule has 0 spiro atoms. The maximum absolute atomic E-state index is 13.2. The third-order valence-corrected chi connectivity index (χ3v) is 7.69. The first kappa shape index (κ1) is 28.3. The van der Waals surface area contributed by atoms with Gasteiger partial charge in [0.2, 0.25) is 0 Å². The van der Waals surface area contributed by atoms with Crippen LogP contribution in [0.1, 0.15) is 59.5 Å². The minimum absolute atomic E-state index is 0.177. The number of nitrogens with zero attached hydrogens (tertiary/aromatic N) is 1. The average Bonchev–Trinajstić information content (AvgIpc) is 3.10. The fourth-order valence-electron chi connectivity index (χ4n) is 4.10. The number of fused-ring (bicyclic) bond motifs is 1. The Bertz CT molecular complexity index is 1190. The quantitative estimate of drug-likeness (QED) is 0.175. The van der Waals surface area contributed by atoms with Crippen LogP contribution < -0.4 is 5.32 Å². The molecule has 1 aliphatic rings. The minimum Gasteiger partial charge on any atom is -0.454 e. The van der Waals surface area contributed by atoms with Crippen LogP contribution in [0.2, 0.25) is 20.1 Å². The molecule has 0 saturated carbocycles. The van der Waals surface area contributed by atoms with Gasteiger partial charge in [0.1, 0.15) is 6.04 Å². The minimum atomic E-state index is -1.34. The van der Waals surface area contributed by atoms with E-state index >= 15 is 0 Å². The highest BCUT2D eigenvalue weighted by atomic mass is 35.5. The summed E-state index contributed by atoms with van der Waals surface area (Å²) in [5, 5.41) is 1.98. The lowest BCUT2D eigenvalue weighted by atomic mass is 10.0. The standard InChI is InChI=1S/C25H24Cl4N2O5/c1-5-12-8-7-9-13(6-2)21(12)30-14(32)10-36-25(35)22(11(3)4)31-23(33)15-16(24(31)34)18(27)20(29)19(28)17(15)26/h7-9,11,22H,5-6,10H2,1-4H3,(H,30,32). The SMILES string of the molecule is CCc1cccc(CC)c1NC(=O)COC(=O)C(C(C)C)N1C(=O)c2c(Cl)c(Cl)c(Cl)c(Cl)c2C1=O. The largest absolute Gasteiger partial charge is 0.454 e. The summed E-state index contributed by atoms with van der Waals surface area (Å²) >= 11 is 24.5. The molecule has 1 heterocycles. The lowest BCUT2D eigenvalue weighted by molar-refractivity contribution is -0.152. The number of halogens is 4. The van der Waals surface area contributed by atoms with Gasteiger partial charge in [0.15, 0.2) is 6.61 Å². The van der Waals surface area contributed by atoms with Crippen molar-refractivity contribution < 1.29 is 23.9 Å². The number of imide groups is 1. The normalized spacial score (nSPS) is 13.8. The Morgan fingerprint density at radius 1 is 0.889 bits per heavy atom. The first-order chi connectivity index (χ1) is 17.0. The van der Waals surface area contributed by atoms with E-state index < -0.39 is 42.3 Å². The Morgan fingerprint density at radius 3 is 1.78 bits per heavy atom. The van der Waals surface area contributed by atoms with Crippen molar-refractivity contribution in [2.75, 3.05) is 11.9 Å².